The normalized spacial score (nSPS) is 19.3. The maximum absolute atomic E-state index is 6.39. The summed E-state index contributed by atoms with van der Waals surface area (Å²) in [5.41, 5.74) is 1.79. The van der Waals surface area contributed by atoms with Gasteiger partial charge in [0, 0.05) is 27.4 Å². The van der Waals surface area contributed by atoms with Gasteiger partial charge >= 0.3 is 0 Å². The van der Waals surface area contributed by atoms with Crippen LogP contribution in [0.4, 0.5) is 0 Å². The van der Waals surface area contributed by atoms with E-state index < -0.39 is 8.07 Å². The van der Waals surface area contributed by atoms with Crippen LogP contribution in [0.5, 0.6) is 0 Å². The quantitative estimate of drug-likeness (QED) is 0.390. The van der Waals surface area contributed by atoms with Crippen LogP contribution in [0.3, 0.4) is 0 Å². The Morgan fingerprint density at radius 3 is 2.88 bits per heavy atom. The molecule has 0 spiro atoms. The summed E-state index contributed by atoms with van der Waals surface area (Å²) < 4.78 is 8.14. The van der Waals surface area contributed by atoms with Gasteiger partial charge in [-0.1, -0.05) is 38.2 Å². The number of piperidine rings is 1. The summed E-state index contributed by atoms with van der Waals surface area (Å²) in [6.45, 7) is 13.8. The Morgan fingerprint density at radius 2 is 2.15 bits per heavy atom. The molecule has 0 aromatic carbocycles. The number of halogens is 1. The molecule has 1 aliphatic heterocycles. The smallest absolute Gasteiger partial charge is 0.154 e. The van der Waals surface area contributed by atoms with Gasteiger partial charge in [-0.25, -0.2) is 9.97 Å². The van der Waals surface area contributed by atoms with E-state index >= 15 is 0 Å². The SMILES string of the molecule is C[C@H]1CCCN(Cc2nc3ccnc(Cl)c3n2COCC[Si](C)(C)C)C1. The van der Waals surface area contributed by atoms with Gasteiger partial charge in [0.1, 0.15) is 18.1 Å². The first-order valence-corrected chi connectivity index (χ1v) is 13.7. The van der Waals surface area contributed by atoms with Crippen molar-refractivity contribution in [2.24, 2.45) is 5.92 Å². The van der Waals surface area contributed by atoms with Crippen LogP contribution in [0.1, 0.15) is 25.6 Å². The highest BCUT2D eigenvalue weighted by molar-refractivity contribution is 6.76. The van der Waals surface area contributed by atoms with E-state index in [2.05, 4.69) is 41.0 Å². The Kier molecular flexibility index (Phi) is 6.38. The third-order valence-electron chi connectivity index (χ3n) is 5.01. The Bertz CT molecular complexity index is 743. The maximum atomic E-state index is 6.39. The number of rotatable bonds is 7. The number of hydrogen-bond donors (Lipinski definition) is 0. The highest BCUT2D eigenvalue weighted by Crippen LogP contribution is 2.25. The van der Waals surface area contributed by atoms with Crippen LogP contribution in [-0.4, -0.2) is 47.2 Å². The molecule has 0 unspecified atom stereocenters. The molecule has 0 N–H and O–H groups in total. The van der Waals surface area contributed by atoms with Gasteiger partial charge in [0.2, 0.25) is 0 Å². The highest BCUT2D eigenvalue weighted by atomic mass is 35.5. The molecule has 2 aromatic rings. The van der Waals surface area contributed by atoms with Crippen molar-refractivity contribution in [1.82, 2.24) is 19.4 Å². The molecule has 0 amide bonds. The van der Waals surface area contributed by atoms with Gasteiger partial charge in [0.25, 0.3) is 0 Å². The van der Waals surface area contributed by atoms with Crippen LogP contribution in [0.2, 0.25) is 30.8 Å². The molecule has 7 heteroatoms. The number of imidazole rings is 1. The zero-order chi connectivity index (χ0) is 18.7. The molecule has 5 nitrogen and oxygen atoms in total. The van der Waals surface area contributed by atoms with Crippen molar-refractivity contribution in [3.05, 3.63) is 23.2 Å². The van der Waals surface area contributed by atoms with Gasteiger partial charge in [-0.3, -0.25) is 9.47 Å². The Hall–Kier alpha value is -0.953. The number of nitrogens with zero attached hydrogens (tertiary/aromatic N) is 4. The molecule has 1 fully saturated rings. The first-order valence-electron chi connectivity index (χ1n) is 9.63. The first kappa shape index (κ1) is 19.8. The lowest BCUT2D eigenvalue weighted by molar-refractivity contribution is 0.0840. The van der Waals surface area contributed by atoms with Gasteiger partial charge in [-0.05, 0) is 37.4 Å². The van der Waals surface area contributed by atoms with E-state index in [1.54, 1.807) is 6.20 Å². The van der Waals surface area contributed by atoms with E-state index in [1.807, 2.05) is 6.07 Å². The number of hydrogen-bond acceptors (Lipinski definition) is 4. The number of fused-ring (bicyclic) bond motifs is 1. The van der Waals surface area contributed by atoms with Crippen molar-refractivity contribution < 1.29 is 4.74 Å². The second-order valence-electron chi connectivity index (χ2n) is 8.76. The zero-order valence-electron chi connectivity index (χ0n) is 16.5. The van der Waals surface area contributed by atoms with Crippen LogP contribution in [0.25, 0.3) is 11.0 Å². The molecular formula is C19H31ClN4OSi. The van der Waals surface area contributed by atoms with Crippen molar-refractivity contribution in [2.75, 3.05) is 19.7 Å². The summed E-state index contributed by atoms with van der Waals surface area (Å²) in [7, 11) is -1.10. The lowest BCUT2D eigenvalue weighted by Crippen LogP contribution is -2.34. The van der Waals surface area contributed by atoms with Crippen LogP contribution < -0.4 is 0 Å². The third-order valence-corrected chi connectivity index (χ3v) is 6.99. The van der Waals surface area contributed by atoms with E-state index in [4.69, 9.17) is 21.3 Å². The summed E-state index contributed by atoms with van der Waals surface area (Å²) in [6, 6.07) is 3.09. The number of ether oxygens (including phenoxy) is 1. The molecule has 1 saturated heterocycles. The van der Waals surface area contributed by atoms with Crippen LogP contribution in [-0.2, 0) is 18.0 Å². The fourth-order valence-electron chi connectivity index (χ4n) is 3.51. The Balaban J connectivity index is 1.79. The van der Waals surface area contributed by atoms with E-state index in [0.29, 0.717) is 11.9 Å². The standard InChI is InChI=1S/C19H31ClN4OSi/c1-15-6-5-9-23(12-15)13-17-22-16-7-8-21-19(20)18(16)24(17)14-25-10-11-26(2,3)4/h7-8,15H,5-6,9-14H2,1-4H3/t15-/m0/s1. The minimum atomic E-state index is -1.10. The van der Waals surface area contributed by atoms with Crippen molar-refractivity contribution in [2.45, 2.75) is 58.7 Å². The summed E-state index contributed by atoms with van der Waals surface area (Å²) in [5.74, 6) is 1.77. The third kappa shape index (κ3) is 5.06. The molecule has 0 aliphatic carbocycles. The molecule has 0 saturated carbocycles. The second-order valence-corrected chi connectivity index (χ2v) is 14.7. The summed E-state index contributed by atoms with van der Waals surface area (Å²) in [6.07, 6.45) is 4.31. The fourth-order valence-corrected chi connectivity index (χ4v) is 4.52. The van der Waals surface area contributed by atoms with Crippen LogP contribution in [0.15, 0.2) is 12.3 Å². The average molecular weight is 395 g/mol. The molecule has 3 heterocycles. The van der Waals surface area contributed by atoms with Gasteiger partial charge in [0.15, 0.2) is 5.15 Å². The first-order chi connectivity index (χ1) is 12.3. The van der Waals surface area contributed by atoms with Crippen molar-refractivity contribution in [3.63, 3.8) is 0 Å². The Labute approximate surface area is 162 Å². The van der Waals surface area contributed by atoms with Gasteiger partial charge < -0.3 is 4.74 Å². The minimum Gasteiger partial charge on any atom is -0.361 e. The van der Waals surface area contributed by atoms with E-state index in [0.717, 1.165) is 55.1 Å². The number of pyridine rings is 1. The number of likely N-dealkylation sites (tertiary alicyclic amines) is 1. The van der Waals surface area contributed by atoms with Crippen molar-refractivity contribution in [3.8, 4) is 0 Å². The second kappa shape index (κ2) is 8.38. The van der Waals surface area contributed by atoms with E-state index in [9.17, 15) is 0 Å². The van der Waals surface area contributed by atoms with Crippen molar-refractivity contribution >= 4 is 30.7 Å². The lowest BCUT2D eigenvalue weighted by Gasteiger charge is -2.30. The molecular weight excluding hydrogens is 364 g/mol. The molecule has 1 aliphatic rings. The summed E-state index contributed by atoms with van der Waals surface area (Å²) in [5, 5.41) is 0.502. The van der Waals surface area contributed by atoms with Crippen LogP contribution in [0, 0.1) is 5.92 Å². The van der Waals surface area contributed by atoms with Gasteiger partial charge in [-0.2, -0.15) is 0 Å². The predicted octanol–water partition coefficient (Wildman–Crippen LogP) is 4.63. The van der Waals surface area contributed by atoms with Crippen LogP contribution >= 0.6 is 11.6 Å². The summed E-state index contributed by atoms with van der Waals surface area (Å²) in [4.78, 5) is 11.6. The summed E-state index contributed by atoms with van der Waals surface area (Å²) >= 11 is 6.39. The topological polar surface area (TPSA) is 43.2 Å². The molecule has 2 aromatic heterocycles. The monoisotopic (exact) mass is 394 g/mol. The van der Waals surface area contributed by atoms with Gasteiger partial charge in [-0.15, -0.1) is 0 Å². The Morgan fingerprint density at radius 1 is 1.35 bits per heavy atom. The van der Waals surface area contributed by atoms with Gasteiger partial charge in [0.05, 0.1) is 12.1 Å². The largest absolute Gasteiger partial charge is 0.361 e. The highest BCUT2D eigenvalue weighted by Gasteiger charge is 2.21. The zero-order valence-corrected chi connectivity index (χ0v) is 18.2. The maximum Gasteiger partial charge on any atom is 0.154 e. The minimum absolute atomic E-state index is 0.491. The molecule has 1 atom stereocenters. The predicted molar refractivity (Wildman–Crippen MR) is 110 cm³/mol. The molecule has 0 bridgehead atoms. The van der Waals surface area contributed by atoms with E-state index in [1.165, 1.54) is 12.8 Å². The lowest BCUT2D eigenvalue weighted by atomic mass is 10.0. The molecule has 26 heavy (non-hydrogen) atoms. The van der Waals surface area contributed by atoms with E-state index in [-0.39, 0.29) is 0 Å². The fraction of sp³-hybridized carbons (Fsp3) is 0.684. The number of aromatic nitrogens is 3. The molecule has 0 radical (unpaired) electrons. The van der Waals surface area contributed by atoms with Crippen molar-refractivity contribution in [1.29, 1.82) is 0 Å². The molecule has 3 rings (SSSR count). The average Bonchev–Trinajstić information content (AvgIpc) is 2.89. The molecule has 144 valence electrons.